The zero-order valence-corrected chi connectivity index (χ0v) is 10.6. The summed E-state index contributed by atoms with van der Waals surface area (Å²) in [5.74, 6) is 0. The van der Waals surface area contributed by atoms with Crippen molar-refractivity contribution < 1.29 is 0 Å². The van der Waals surface area contributed by atoms with Crippen molar-refractivity contribution in [3.05, 3.63) is 21.3 Å². The number of thiophene rings is 1. The van der Waals surface area contributed by atoms with E-state index in [-0.39, 0.29) is 0 Å². The number of rotatable bonds is 4. The van der Waals surface area contributed by atoms with Gasteiger partial charge in [0, 0.05) is 24.0 Å². The molecule has 1 saturated heterocycles. The Morgan fingerprint density at radius 1 is 1.60 bits per heavy atom. The number of hydrogen-bond donors (Lipinski definition) is 1. The maximum atomic E-state index is 5.93. The molecule has 84 valence electrons. The minimum Gasteiger partial charge on any atom is -0.315 e. The number of likely N-dealkylation sites (N-methyl/N-ethyl adjacent to an activating group) is 1. The van der Waals surface area contributed by atoms with Gasteiger partial charge in [-0.2, -0.15) is 0 Å². The molecule has 1 aromatic rings. The second-order valence-electron chi connectivity index (χ2n) is 3.92. The molecule has 4 heteroatoms. The molecule has 0 radical (unpaired) electrons. The molecule has 1 aromatic heterocycles. The third-order valence-corrected chi connectivity index (χ3v) is 4.16. The van der Waals surface area contributed by atoms with Crippen LogP contribution >= 0.6 is 22.9 Å². The average Bonchev–Trinajstić information content (AvgIpc) is 2.85. The molecule has 15 heavy (non-hydrogen) atoms. The smallest absolute Gasteiger partial charge is 0.0931 e. The minimum absolute atomic E-state index is 0.705. The Balaban J connectivity index is 1.95. The highest BCUT2D eigenvalue weighted by Gasteiger charge is 2.21. The monoisotopic (exact) mass is 244 g/mol. The number of halogens is 1. The highest BCUT2D eigenvalue weighted by atomic mass is 35.5. The predicted octanol–water partition coefficient (Wildman–Crippen LogP) is 2.59. The van der Waals surface area contributed by atoms with Gasteiger partial charge in [-0.05, 0) is 31.6 Å². The first-order chi connectivity index (χ1) is 7.29. The Kier molecular flexibility index (Phi) is 4.03. The fourth-order valence-electron chi connectivity index (χ4n) is 2.09. The Bertz CT molecular complexity index is 307. The second-order valence-corrected chi connectivity index (χ2v) is 5.72. The van der Waals surface area contributed by atoms with Gasteiger partial charge in [0.1, 0.15) is 0 Å². The van der Waals surface area contributed by atoms with Gasteiger partial charge in [-0.15, -0.1) is 11.3 Å². The van der Waals surface area contributed by atoms with Gasteiger partial charge < -0.3 is 5.32 Å². The highest BCUT2D eigenvalue weighted by molar-refractivity contribution is 7.16. The molecule has 1 unspecified atom stereocenters. The van der Waals surface area contributed by atoms with Crippen molar-refractivity contribution in [3.63, 3.8) is 0 Å². The van der Waals surface area contributed by atoms with E-state index >= 15 is 0 Å². The summed E-state index contributed by atoms with van der Waals surface area (Å²) in [5, 5.41) is 3.41. The molecule has 0 aromatic carbocycles. The molecule has 1 aliphatic heterocycles. The topological polar surface area (TPSA) is 15.3 Å². The van der Waals surface area contributed by atoms with Gasteiger partial charge in [0.15, 0.2) is 0 Å². The van der Waals surface area contributed by atoms with Crippen LogP contribution in [0.1, 0.15) is 18.2 Å². The first-order valence-electron chi connectivity index (χ1n) is 5.48. The van der Waals surface area contributed by atoms with E-state index in [1.807, 2.05) is 6.07 Å². The summed E-state index contributed by atoms with van der Waals surface area (Å²) >= 11 is 7.63. The first kappa shape index (κ1) is 11.4. The van der Waals surface area contributed by atoms with Crippen LogP contribution in [0.2, 0.25) is 4.34 Å². The minimum atomic E-state index is 0.705. The fourth-order valence-corrected chi connectivity index (χ4v) is 3.20. The molecular formula is C11H17ClN2S. The maximum absolute atomic E-state index is 5.93. The van der Waals surface area contributed by atoms with Gasteiger partial charge >= 0.3 is 0 Å². The van der Waals surface area contributed by atoms with Gasteiger partial charge in [0.25, 0.3) is 0 Å². The maximum Gasteiger partial charge on any atom is 0.0931 e. The Hall–Kier alpha value is -0.0900. The van der Waals surface area contributed by atoms with Crippen LogP contribution in [0.5, 0.6) is 0 Å². The zero-order chi connectivity index (χ0) is 10.7. The SMILES string of the molecule is CCN(Cc1ccc(Cl)s1)C1CCNC1. The molecule has 1 N–H and O–H groups in total. The van der Waals surface area contributed by atoms with Crippen LogP contribution in [-0.4, -0.2) is 30.6 Å². The standard InChI is InChI=1S/C11H17ClN2S/c1-2-14(9-5-6-13-7-9)8-10-3-4-11(12)15-10/h3-4,9,13H,2,5-8H2,1H3. The van der Waals surface area contributed by atoms with Crippen molar-refractivity contribution in [2.45, 2.75) is 25.9 Å². The number of hydrogen-bond acceptors (Lipinski definition) is 3. The molecule has 0 spiro atoms. The van der Waals surface area contributed by atoms with E-state index in [4.69, 9.17) is 11.6 Å². The summed E-state index contributed by atoms with van der Waals surface area (Å²) in [5.41, 5.74) is 0. The van der Waals surface area contributed by atoms with Crippen molar-refractivity contribution in [1.29, 1.82) is 0 Å². The lowest BCUT2D eigenvalue weighted by molar-refractivity contribution is 0.212. The van der Waals surface area contributed by atoms with E-state index in [0.29, 0.717) is 6.04 Å². The molecule has 2 nitrogen and oxygen atoms in total. The van der Waals surface area contributed by atoms with Crippen LogP contribution in [0.3, 0.4) is 0 Å². The molecule has 1 fully saturated rings. The van der Waals surface area contributed by atoms with E-state index < -0.39 is 0 Å². The predicted molar refractivity (Wildman–Crippen MR) is 66.7 cm³/mol. The fraction of sp³-hybridized carbons (Fsp3) is 0.636. The average molecular weight is 245 g/mol. The van der Waals surface area contributed by atoms with Crippen LogP contribution in [0, 0.1) is 0 Å². The molecular weight excluding hydrogens is 228 g/mol. The quantitative estimate of drug-likeness (QED) is 0.876. The number of nitrogens with one attached hydrogen (secondary N) is 1. The van der Waals surface area contributed by atoms with Crippen molar-refractivity contribution in [1.82, 2.24) is 10.2 Å². The largest absolute Gasteiger partial charge is 0.315 e. The molecule has 0 amide bonds. The van der Waals surface area contributed by atoms with Crippen molar-refractivity contribution in [2.75, 3.05) is 19.6 Å². The zero-order valence-electron chi connectivity index (χ0n) is 9.00. The summed E-state index contributed by atoms with van der Waals surface area (Å²) in [6.45, 7) is 6.68. The Morgan fingerprint density at radius 3 is 3.00 bits per heavy atom. The summed E-state index contributed by atoms with van der Waals surface area (Å²) < 4.78 is 0.894. The molecule has 0 bridgehead atoms. The van der Waals surface area contributed by atoms with E-state index in [2.05, 4.69) is 23.2 Å². The lowest BCUT2D eigenvalue weighted by atomic mass is 10.2. The Morgan fingerprint density at radius 2 is 2.47 bits per heavy atom. The van der Waals surface area contributed by atoms with E-state index in [1.165, 1.54) is 11.3 Å². The van der Waals surface area contributed by atoms with Crippen LogP contribution < -0.4 is 5.32 Å². The van der Waals surface area contributed by atoms with E-state index in [9.17, 15) is 0 Å². The summed E-state index contributed by atoms with van der Waals surface area (Å²) in [6, 6.07) is 4.83. The van der Waals surface area contributed by atoms with E-state index in [1.54, 1.807) is 11.3 Å². The van der Waals surface area contributed by atoms with Gasteiger partial charge in [0.2, 0.25) is 0 Å². The normalized spacial score (nSPS) is 21.4. The van der Waals surface area contributed by atoms with Crippen LogP contribution in [0.15, 0.2) is 12.1 Å². The summed E-state index contributed by atoms with van der Waals surface area (Å²) in [7, 11) is 0. The van der Waals surface area contributed by atoms with Gasteiger partial charge in [0.05, 0.1) is 4.34 Å². The molecule has 2 rings (SSSR count). The molecule has 0 saturated carbocycles. The summed E-state index contributed by atoms with van der Waals surface area (Å²) in [6.07, 6.45) is 1.27. The first-order valence-corrected chi connectivity index (χ1v) is 6.68. The summed E-state index contributed by atoms with van der Waals surface area (Å²) in [4.78, 5) is 3.90. The third-order valence-electron chi connectivity index (χ3n) is 2.94. The van der Waals surface area contributed by atoms with Crippen molar-refractivity contribution in [2.24, 2.45) is 0 Å². The van der Waals surface area contributed by atoms with Crippen LogP contribution in [0.25, 0.3) is 0 Å². The molecule has 2 heterocycles. The highest BCUT2D eigenvalue weighted by Crippen LogP contribution is 2.23. The lowest BCUT2D eigenvalue weighted by Gasteiger charge is -2.26. The van der Waals surface area contributed by atoms with Gasteiger partial charge in [-0.25, -0.2) is 0 Å². The van der Waals surface area contributed by atoms with Crippen LogP contribution in [-0.2, 0) is 6.54 Å². The second kappa shape index (κ2) is 5.30. The van der Waals surface area contributed by atoms with Gasteiger partial charge in [-0.1, -0.05) is 18.5 Å². The van der Waals surface area contributed by atoms with Crippen LogP contribution in [0.4, 0.5) is 0 Å². The molecule has 1 atom stereocenters. The van der Waals surface area contributed by atoms with E-state index in [0.717, 1.165) is 30.5 Å². The van der Waals surface area contributed by atoms with Crippen molar-refractivity contribution in [3.8, 4) is 0 Å². The Labute approximate surface area is 100 Å². The molecule has 1 aliphatic rings. The number of nitrogens with zero attached hydrogens (tertiary/aromatic N) is 1. The van der Waals surface area contributed by atoms with Crippen molar-refractivity contribution >= 4 is 22.9 Å². The van der Waals surface area contributed by atoms with Gasteiger partial charge in [-0.3, -0.25) is 4.90 Å². The lowest BCUT2D eigenvalue weighted by Crippen LogP contribution is -2.35. The molecule has 0 aliphatic carbocycles. The third kappa shape index (κ3) is 2.94.